The van der Waals surface area contributed by atoms with Crippen molar-refractivity contribution < 1.29 is 4.74 Å². The first-order valence-corrected chi connectivity index (χ1v) is 7.90. The highest BCUT2D eigenvalue weighted by molar-refractivity contribution is 14.0. The van der Waals surface area contributed by atoms with Crippen LogP contribution in [0.15, 0.2) is 41.5 Å². The molecular weight excluding hydrogens is 403 g/mol. The molecule has 2 aromatic rings. The molecule has 6 heteroatoms. The zero-order valence-corrected chi connectivity index (χ0v) is 16.2. The fourth-order valence-electron chi connectivity index (χ4n) is 2.38. The Bertz CT molecular complexity index is 597. The van der Waals surface area contributed by atoms with Crippen LogP contribution >= 0.6 is 24.0 Å². The lowest BCUT2D eigenvalue weighted by molar-refractivity contribution is 0.203. The smallest absolute Gasteiger partial charge is 0.191 e. The van der Waals surface area contributed by atoms with Crippen molar-refractivity contribution in [2.45, 2.75) is 19.9 Å². The van der Waals surface area contributed by atoms with Crippen molar-refractivity contribution in [3.63, 3.8) is 0 Å². The minimum Gasteiger partial charge on any atom is -0.383 e. The van der Waals surface area contributed by atoms with Crippen molar-refractivity contribution in [3.05, 3.63) is 36.5 Å². The van der Waals surface area contributed by atoms with Crippen molar-refractivity contribution >= 4 is 40.8 Å². The molecule has 0 unspecified atom stereocenters. The van der Waals surface area contributed by atoms with Crippen molar-refractivity contribution in [2.24, 2.45) is 4.99 Å². The number of ether oxygens (including phenoxy) is 1. The number of nitrogens with one attached hydrogen (secondary N) is 2. The number of aryl methyl sites for hydroxylation is 1. The third-order valence-corrected chi connectivity index (χ3v) is 3.45. The number of fused-ring (bicyclic) bond motifs is 1. The minimum atomic E-state index is 0. The molecule has 5 nitrogen and oxygen atoms in total. The molecule has 2 N–H and O–H groups in total. The number of aliphatic imine (C=N–C) groups is 1. The van der Waals surface area contributed by atoms with E-state index in [9.17, 15) is 0 Å². The molecule has 0 saturated heterocycles. The van der Waals surface area contributed by atoms with Gasteiger partial charge in [-0.2, -0.15) is 0 Å². The summed E-state index contributed by atoms with van der Waals surface area (Å²) < 4.78 is 7.33. The van der Waals surface area contributed by atoms with Crippen LogP contribution in [0.1, 0.15) is 13.3 Å². The number of aromatic nitrogens is 1. The fourth-order valence-corrected chi connectivity index (χ4v) is 2.38. The molecule has 0 fully saturated rings. The van der Waals surface area contributed by atoms with Gasteiger partial charge in [0.25, 0.3) is 0 Å². The van der Waals surface area contributed by atoms with E-state index in [1.807, 2.05) is 0 Å². The van der Waals surface area contributed by atoms with Crippen LogP contribution in [-0.4, -0.2) is 43.9 Å². The van der Waals surface area contributed by atoms with E-state index in [0.717, 1.165) is 38.6 Å². The summed E-state index contributed by atoms with van der Waals surface area (Å²) in [5.41, 5.74) is 1.29. The van der Waals surface area contributed by atoms with Gasteiger partial charge in [-0.1, -0.05) is 18.2 Å². The van der Waals surface area contributed by atoms with Crippen LogP contribution < -0.4 is 10.6 Å². The monoisotopic (exact) mass is 430 g/mol. The van der Waals surface area contributed by atoms with Crippen LogP contribution in [0.25, 0.3) is 10.9 Å². The van der Waals surface area contributed by atoms with Crippen LogP contribution in [-0.2, 0) is 11.3 Å². The highest BCUT2D eigenvalue weighted by Gasteiger charge is 2.00. The second-order valence-corrected chi connectivity index (χ2v) is 5.10. The first-order chi connectivity index (χ1) is 10.8. The van der Waals surface area contributed by atoms with Gasteiger partial charge in [-0.15, -0.1) is 24.0 Å². The van der Waals surface area contributed by atoms with Crippen molar-refractivity contribution in [1.29, 1.82) is 0 Å². The molecular formula is C17H27IN4O. The molecule has 1 aromatic carbocycles. The average Bonchev–Trinajstić information content (AvgIpc) is 2.95. The van der Waals surface area contributed by atoms with E-state index < -0.39 is 0 Å². The zero-order valence-electron chi connectivity index (χ0n) is 13.9. The van der Waals surface area contributed by atoms with Crippen LogP contribution in [0.5, 0.6) is 0 Å². The van der Waals surface area contributed by atoms with Crippen molar-refractivity contribution in [3.8, 4) is 0 Å². The highest BCUT2D eigenvalue weighted by atomic mass is 127. The van der Waals surface area contributed by atoms with Gasteiger partial charge in [-0.25, -0.2) is 0 Å². The molecule has 2 rings (SSSR count). The summed E-state index contributed by atoms with van der Waals surface area (Å²) >= 11 is 0. The quantitative estimate of drug-likeness (QED) is 0.293. The maximum Gasteiger partial charge on any atom is 0.191 e. The minimum absolute atomic E-state index is 0. The number of nitrogens with zero attached hydrogens (tertiary/aromatic N) is 2. The molecule has 1 heterocycles. The Morgan fingerprint density at radius 1 is 1.22 bits per heavy atom. The van der Waals surface area contributed by atoms with Gasteiger partial charge >= 0.3 is 0 Å². The Kier molecular flexibility index (Phi) is 9.70. The van der Waals surface area contributed by atoms with Crippen molar-refractivity contribution in [2.75, 3.05) is 33.4 Å². The van der Waals surface area contributed by atoms with Crippen molar-refractivity contribution in [1.82, 2.24) is 15.2 Å². The molecule has 0 aliphatic carbocycles. The first kappa shape index (κ1) is 19.8. The standard InChI is InChI=1S/C17H26N4O.HI/c1-3-18-17(20-11-14-22-2)19-10-6-12-21-13-9-15-7-4-5-8-16(15)21;/h4-5,7-9,13H,3,6,10-12,14H2,1-2H3,(H2,18,19,20);1H. The summed E-state index contributed by atoms with van der Waals surface area (Å²) in [7, 11) is 1.70. The molecule has 0 aliphatic heterocycles. The number of hydrogen-bond donors (Lipinski definition) is 2. The molecule has 0 radical (unpaired) electrons. The second-order valence-electron chi connectivity index (χ2n) is 5.10. The largest absolute Gasteiger partial charge is 0.383 e. The Labute approximate surface area is 155 Å². The normalized spacial score (nSPS) is 11.3. The Morgan fingerprint density at radius 3 is 2.83 bits per heavy atom. The second kappa shape index (κ2) is 11.3. The Balaban J connectivity index is 0.00000264. The van der Waals surface area contributed by atoms with Crippen LogP contribution in [0.4, 0.5) is 0 Å². The Morgan fingerprint density at radius 2 is 2.04 bits per heavy atom. The lowest BCUT2D eigenvalue weighted by atomic mass is 10.2. The molecule has 0 aliphatic rings. The number of para-hydroxylation sites is 1. The van der Waals surface area contributed by atoms with Gasteiger partial charge in [0.1, 0.15) is 0 Å². The van der Waals surface area contributed by atoms with E-state index in [1.165, 1.54) is 10.9 Å². The third-order valence-electron chi connectivity index (χ3n) is 3.45. The van der Waals surface area contributed by atoms with Gasteiger partial charge in [0.2, 0.25) is 0 Å². The first-order valence-electron chi connectivity index (χ1n) is 7.90. The predicted octanol–water partition coefficient (Wildman–Crippen LogP) is 2.85. The number of halogens is 1. The van der Waals surface area contributed by atoms with Crippen LogP contribution in [0.3, 0.4) is 0 Å². The molecule has 0 spiro atoms. The lowest BCUT2D eigenvalue weighted by Crippen LogP contribution is -2.39. The summed E-state index contributed by atoms with van der Waals surface area (Å²) in [6, 6.07) is 10.6. The van der Waals surface area contributed by atoms with E-state index in [1.54, 1.807) is 7.11 Å². The molecule has 1 aromatic heterocycles. The summed E-state index contributed by atoms with van der Waals surface area (Å²) in [5, 5.41) is 7.79. The van der Waals surface area contributed by atoms with E-state index >= 15 is 0 Å². The summed E-state index contributed by atoms with van der Waals surface area (Å²) in [4.78, 5) is 4.59. The summed E-state index contributed by atoms with van der Waals surface area (Å²) in [6.07, 6.45) is 3.16. The van der Waals surface area contributed by atoms with Crippen LogP contribution in [0.2, 0.25) is 0 Å². The number of hydrogen-bond acceptors (Lipinski definition) is 2. The third kappa shape index (κ3) is 6.39. The highest BCUT2D eigenvalue weighted by Crippen LogP contribution is 2.15. The molecule has 0 bridgehead atoms. The topological polar surface area (TPSA) is 50.6 Å². The van der Waals surface area contributed by atoms with E-state index in [0.29, 0.717) is 6.61 Å². The number of guanidine groups is 1. The molecule has 0 saturated carbocycles. The molecule has 23 heavy (non-hydrogen) atoms. The zero-order chi connectivity index (χ0) is 15.6. The van der Waals surface area contributed by atoms with Gasteiger partial charge in [0.15, 0.2) is 5.96 Å². The van der Waals surface area contributed by atoms with Crippen LogP contribution in [0, 0.1) is 0 Å². The van der Waals surface area contributed by atoms with E-state index in [-0.39, 0.29) is 24.0 Å². The van der Waals surface area contributed by atoms with E-state index in [4.69, 9.17) is 4.74 Å². The average molecular weight is 430 g/mol. The number of methoxy groups -OCH3 is 1. The lowest BCUT2D eigenvalue weighted by Gasteiger charge is -2.11. The van der Waals surface area contributed by atoms with Gasteiger partial charge in [0, 0.05) is 45.0 Å². The predicted molar refractivity (Wildman–Crippen MR) is 108 cm³/mol. The SMILES string of the molecule is CCNC(=NCCCn1ccc2ccccc21)NCCOC.I. The summed E-state index contributed by atoms with van der Waals surface area (Å²) in [5.74, 6) is 0.858. The maximum atomic E-state index is 5.04. The van der Waals surface area contributed by atoms with Gasteiger partial charge in [-0.3, -0.25) is 4.99 Å². The van der Waals surface area contributed by atoms with Gasteiger partial charge in [0.05, 0.1) is 6.61 Å². The summed E-state index contributed by atoms with van der Waals surface area (Å²) in [6.45, 7) is 6.16. The molecule has 0 atom stereocenters. The number of rotatable bonds is 8. The maximum absolute atomic E-state index is 5.04. The van der Waals surface area contributed by atoms with Gasteiger partial charge in [-0.05, 0) is 30.9 Å². The van der Waals surface area contributed by atoms with E-state index in [2.05, 4.69) is 63.6 Å². The molecule has 128 valence electrons. The Hall–Kier alpha value is -1.28. The fraction of sp³-hybridized carbons (Fsp3) is 0.471. The van der Waals surface area contributed by atoms with Gasteiger partial charge < -0.3 is 19.9 Å². The molecule has 0 amide bonds. The number of benzene rings is 1.